The van der Waals surface area contributed by atoms with Gasteiger partial charge in [-0.25, -0.2) is 0 Å². The molecule has 4 rings (SSSR count). The van der Waals surface area contributed by atoms with E-state index in [0.717, 1.165) is 11.3 Å². The van der Waals surface area contributed by atoms with Crippen molar-refractivity contribution in [3.63, 3.8) is 0 Å². The van der Waals surface area contributed by atoms with Crippen LogP contribution in [0.5, 0.6) is 0 Å². The van der Waals surface area contributed by atoms with Crippen molar-refractivity contribution >= 4 is 23.9 Å². The Morgan fingerprint density at radius 1 is 0.950 bits per heavy atom. The van der Waals surface area contributed by atoms with Gasteiger partial charge < -0.3 is 9.80 Å². The number of anilines is 1. The molecule has 0 saturated heterocycles. The summed E-state index contributed by atoms with van der Waals surface area (Å²) in [5.41, 5.74) is 1.74. The molecule has 0 spiro atoms. The molecule has 0 aromatic heterocycles. The van der Waals surface area contributed by atoms with Gasteiger partial charge in [-0.05, 0) is 28.6 Å². The lowest BCUT2D eigenvalue weighted by molar-refractivity contribution is 0.0758. The monoisotopic (exact) mass is 262 g/mol. The van der Waals surface area contributed by atoms with Gasteiger partial charge in [-0.1, -0.05) is 36.4 Å². The molecule has 0 saturated carbocycles. The van der Waals surface area contributed by atoms with Crippen molar-refractivity contribution in [3.8, 4) is 0 Å². The van der Waals surface area contributed by atoms with Crippen LogP contribution in [-0.2, 0) is 0 Å². The maximum Gasteiger partial charge on any atom is 0.257 e. The van der Waals surface area contributed by atoms with Crippen LogP contribution in [0.2, 0.25) is 0 Å². The van der Waals surface area contributed by atoms with E-state index in [9.17, 15) is 4.79 Å². The molecule has 2 heterocycles. The fourth-order valence-corrected chi connectivity index (χ4v) is 2.95. The van der Waals surface area contributed by atoms with Crippen molar-refractivity contribution in [2.45, 2.75) is 6.17 Å². The number of carbonyl (C=O) groups excluding carboxylic acids is 1. The van der Waals surface area contributed by atoms with Crippen LogP contribution < -0.4 is 15.3 Å². The molecule has 1 amide bonds. The van der Waals surface area contributed by atoms with Gasteiger partial charge in [0.1, 0.15) is 6.17 Å². The molecule has 1 atom stereocenters. The first-order valence-electron chi connectivity index (χ1n) is 6.69. The largest absolute Gasteiger partial charge is 0.322 e. The maximum absolute atomic E-state index is 12.4. The van der Waals surface area contributed by atoms with E-state index in [1.807, 2.05) is 43.4 Å². The molecule has 1 unspecified atom stereocenters. The molecule has 0 radical (unpaired) electrons. The average Bonchev–Trinajstić information content (AvgIpc) is 2.51. The lowest BCUT2D eigenvalue weighted by atomic mass is 10.0. The number of rotatable bonds is 0. The second kappa shape index (κ2) is 3.97. The molecular formula is C17H14N2O. The molecule has 2 aliphatic heterocycles. The number of hydrogen-bond donors (Lipinski definition) is 0. The molecule has 20 heavy (non-hydrogen) atoms. The zero-order valence-corrected chi connectivity index (χ0v) is 11.2. The standard InChI is InChI=1S/C17H14N2O/c1-18-16-10-12-6-2-3-7-13(12)11-19(16)15-9-5-4-8-14(15)17(18)20/h2-11,16H,1H3. The number of hydrogen-bond acceptors (Lipinski definition) is 2. The van der Waals surface area contributed by atoms with Crippen molar-refractivity contribution < 1.29 is 4.79 Å². The topological polar surface area (TPSA) is 23.6 Å². The Balaban J connectivity index is 2.01. The summed E-state index contributed by atoms with van der Waals surface area (Å²) >= 11 is 0. The fraction of sp³-hybridized carbons (Fsp3) is 0.118. The number of amides is 1. The zero-order chi connectivity index (χ0) is 13.7. The van der Waals surface area contributed by atoms with Crippen LogP contribution in [0.3, 0.4) is 0 Å². The van der Waals surface area contributed by atoms with Crippen molar-refractivity contribution in [1.82, 2.24) is 4.90 Å². The first kappa shape index (κ1) is 11.3. The summed E-state index contributed by atoms with van der Waals surface area (Å²) in [6, 6.07) is 16.0. The highest BCUT2D eigenvalue weighted by molar-refractivity contribution is 6.03. The van der Waals surface area contributed by atoms with Crippen LogP contribution in [0, 0.1) is 0 Å². The van der Waals surface area contributed by atoms with Gasteiger partial charge in [0.05, 0.1) is 11.3 Å². The predicted molar refractivity (Wildman–Crippen MR) is 79.4 cm³/mol. The Hall–Kier alpha value is -2.55. The third-order valence-corrected chi connectivity index (χ3v) is 4.02. The Labute approximate surface area is 117 Å². The summed E-state index contributed by atoms with van der Waals surface area (Å²) in [4.78, 5) is 16.4. The minimum atomic E-state index is -0.0488. The Morgan fingerprint density at radius 2 is 1.65 bits per heavy atom. The minimum absolute atomic E-state index is 0.0488. The van der Waals surface area contributed by atoms with Gasteiger partial charge in [0, 0.05) is 13.2 Å². The highest BCUT2D eigenvalue weighted by atomic mass is 16.2. The van der Waals surface area contributed by atoms with Gasteiger partial charge in [0.15, 0.2) is 0 Å². The van der Waals surface area contributed by atoms with E-state index in [2.05, 4.69) is 29.3 Å². The van der Waals surface area contributed by atoms with Crippen molar-refractivity contribution in [3.05, 3.63) is 64.5 Å². The lowest BCUT2D eigenvalue weighted by Crippen LogP contribution is -2.54. The highest BCUT2D eigenvalue weighted by Gasteiger charge is 2.33. The van der Waals surface area contributed by atoms with E-state index < -0.39 is 0 Å². The summed E-state index contributed by atoms with van der Waals surface area (Å²) in [6.45, 7) is 0. The number of fused-ring (bicyclic) bond motifs is 4. The van der Waals surface area contributed by atoms with E-state index >= 15 is 0 Å². The van der Waals surface area contributed by atoms with Crippen LogP contribution >= 0.6 is 0 Å². The average molecular weight is 262 g/mol. The van der Waals surface area contributed by atoms with Gasteiger partial charge in [0.25, 0.3) is 5.91 Å². The van der Waals surface area contributed by atoms with Crippen molar-refractivity contribution in [1.29, 1.82) is 0 Å². The summed E-state index contributed by atoms with van der Waals surface area (Å²) < 4.78 is 0. The predicted octanol–water partition coefficient (Wildman–Crippen LogP) is 1.14. The molecular weight excluding hydrogens is 248 g/mol. The molecule has 0 bridgehead atoms. The Morgan fingerprint density at radius 3 is 2.50 bits per heavy atom. The van der Waals surface area contributed by atoms with Gasteiger partial charge in [-0.2, -0.15) is 0 Å². The van der Waals surface area contributed by atoms with Crippen molar-refractivity contribution in [2.24, 2.45) is 0 Å². The second-order valence-corrected chi connectivity index (χ2v) is 5.18. The third kappa shape index (κ3) is 1.43. The molecule has 3 heteroatoms. The molecule has 2 aromatic carbocycles. The molecule has 0 aliphatic carbocycles. The van der Waals surface area contributed by atoms with E-state index in [0.29, 0.717) is 0 Å². The van der Waals surface area contributed by atoms with E-state index in [1.165, 1.54) is 10.4 Å². The van der Waals surface area contributed by atoms with E-state index in [4.69, 9.17) is 0 Å². The zero-order valence-electron chi connectivity index (χ0n) is 11.2. The molecule has 3 nitrogen and oxygen atoms in total. The molecule has 98 valence electrons. The SMILES string of the molecule is CN1C(=O)c2ccccc2N2C=c3ccccc3=CC12. The molecule has 2 aliphatic rings. The quantitative estimate of drug-likeness (QED) is 0.711. The van der Waals surface area contributed by atoms with Crippen LogP contribution in [0.15, 0.2) is 48.5 Å². The number of para-hydroxylation sites is 1. The first-order chi connectivity index (χ1) is 9.75. The summed E-state index contributed by atoms with van der Waals surface area (Å²) in [6.07, 6.45) is 4.22. The number of carbonyl (C=O) groups is 1. The highest BCUT2D eigenvalue weighted by Crippen LogP contribution is 2.31. The Kier molecular flexibility index (Phi) is 2.24. The first-order valence-corrected chi connectivity index (χ1v) is 6.69. The van der Waals surface area contributed by atoms with Gasteiger partial charge in [-0.15, -0.1) is 0 Å². The lowest BCUT2D eigenvalue weighted by Gasteiger charge is -2.42. The second-order valence-electron chi connectivity index (χ2n) is 5.18. The van der Waals surface area contributed by atoms with Crippen LogP contribution in [0.1, 0.15) is 10.4 Å². The van der Waals surface area contributed by atoms with Crippen LogP contribution in [0.4, 0.5) is 5.69 Å². The smallest absolute Gasteiger partial charge is 0.257 e. The summed E-state index contributed by atoms with van der Waals surface area (Å²) in [5.74, 6) is 0.0749. The molecule has 0 N–H and O–H groups in total. The maximum atomic E-state index is 12.4. The Bertz CT molecular complexity index is 825. The van der Waals surface area contributed by atoms with Crippen molar-refractivity contribution in [2.75, 3.05) is 11.9 Å². The normalized spacial score (nSPS) is 19.4. The van der Waals surface area contributed by atoms with Crippen LogP contribution in [0.25, 0.3) is 12.3 Å². The third-order valence-electron chi connectivity index (χ3n) is 4.02. The molecule has 2 aromatic rings. The number of nitrogens with zero attached hydrogens (tertiary/aromatic N) is 2. The minimum Gasteiger partial charge on any atom is -0.322 e. The molecule has 0 fully saturated rings. The number of benzene rings is 2. The summed E-state index contributed by atoms with van der Waals surface area (Å²) in [7, 11) is 1.86. The van der Waals surface area contributed by atoms with Gasteiger partial charge in [-0.3, -0.25) is 4.79 Å². The van der Waals surface area contributed by atoms with E-state index in [1.54, 1.807) is 4.90 Å². The van der Waals surface area contributed by atoms with Crippen LogP contribution in [-0.4, -0.2) is 24.0 Å². The van der Waals surface area contributed by atoms with Gasteiger partial charge in [0.2, 0.25) is 0 Å². The van der Waals surface area contributed by atoms with Gasteiger partial charge >= 0.3 is 0 Å². The van der Waals surface area contributed by atoms with E-state index in [-0.39, 0.29) is 12.1 Å². The fourth-order valence-electron chi connectivity index (χ4n) is 2.95. The summed E-state index contributed by atoms with van der Waals surface area (Å²) in [5, 5.41) is 2.36.